The minimum Gasteiger partial charge on any atom is -0.341 e. The van der Waals surface area contributed by atoms with Crippen LogP contribution in [0.4, 0.5) is 8.78 Å². The molecule has 0 unspecified atom stereocenters. The average molecular weight is 204 g/mol. The fraction of sp³-hybridized carbons (Fsp3) is 0.889. The van der Waals surface area contributed by atoms with E-state index in [9.17, 15) is 13.6 Å². The first kappa shape index (κ1) is 9.83. The van der Waals surface area contributed by atoms with Crippen LogP contribution in [-0.4, -0.2) is 35.9 Å². The van der Waals surface area contributed by atoms with Gasteiger partial charge >= 0.3 is 0 Å². The van der Waals surface area contributed by atoms with Crippen molar-refractivity contribution >= 4 is 5.91 Å². The Balaban J connectivity index is 1.85. The molecule has 1 heterocycles. The van der Waals surface area contributed by atoms with Crippen LogP contribution >= 0.6 is 0 Å². The molecule has 2 aliphatic rings. The first-order valence-electron chi connectivity index (χ1n) is 4.90. The molecule has 3 nitrogen and oxygen atoms in total. The van der Waals surface area contributed by atoms with E-state index in [1.54, 1.807) is 4.90 Å². The van der Waals surface area contributed by atoms with Gasteiger partial charge in [-0.2, -0.15) is 0 Å². The molecule has 2 rings (SSSR count). The Hall–Kier alpha value is -0.710. The summed E-state index contributed by atoms with van der Waals surface area (Å²) in [5.41, 5.74) is 5.63. The molecular formula is C9H14F2N2O. The zero-order valence-corrected chi connectivity index (χ0v) is 7.88. The highest BCUT2D eigenvalue weighted by atomic mass is 19.3. The number of amides is 1. The van der Waals surface area contributed by atoms with E-state index in [1.165, 1.54) is 0 Å². The molecule has 0 aromatic carbocycles. The molecule has 0 spiro atoms. The Morgan fingerprint density at radius 2 is 2.07 bits per heavy atom. The summed E-state index contributed by atoms with van der Waals surface area (Å²) >= 11 is 0. The van der Waals surface area contributed by atoms with Gasteiger partial charge in [-0.1, -0.05) is 0 Å². The van der Waals surface area contributed by atoms with Gasteiger partial charge in [-0.15, -0.1) is 0 Å². The van der Waals surface area contributed by atoms with Crippen molar-refractivity contribution in [1.29, 1.82) is 0 Å². The van der Waals surface area contributed by atoms with Gasteiger partial charge in [0.1, 0.15) is 0 Å². The number of nitrogens with two attached hydrogens (primary N) is 1. The van der Waals surface area contributed by atoms with Crippen molar-refractivity contribution in [3.8, 4) is 0 Å². The van der Waals surface area contributed by atoms with Gasteiger partial charge in [0, 0.05) is 37.9 Å². The average Bonchev–Trinajstić information content (AvgIpc) is 2.46. The topological polar surface area (TPSA) is 46.3 Å². The molecule has 80 valence electrons. The van der Waals surface area contributed by atoms with Gasteiger partial charge in [0.25, 0.3) is 0 Å². The van der Waals surface area contributed by atoms with E-state index in [-0.39, 0.29) is 24.8 Å². The second kappa shape index (κ2) is 3.15. The Bertz CT molecular complexity index is 249. The predicted molar refractivity (Wildman–Crippen MR) is 46.8 cm³/mol. The van der Waals surface area contributed by atoms with Crippen molar-refractivity contribution in [3.05, 3.63) is 0 Å². The molecule has 1 saturated carbocycles. The first-order valence-corrected chi connectivity index (χ1v) is 4.90. The minimum atomic E-state index is -2.61. The lowest BCUT2D eigenvalue weighted by Crippen LogP contribution is -2.46. The van der Waals surface area contributed by atoms with E-state index in [4.69, 9.17) is 5.73 Å². The van der Waals surface area contributed by atoms with E-state index in [0.717, 1.165) is 6.42 Å². The van der Waals surface area contributed by atoms with Crippen LogP contribution in [0.2, 0.25) is 0 Å². The van der Waals surface area contributed by atoms with Crippen molar-refractivity contribution in [1.82, 2.24) is 4.90 Å². The third-order valence-corrected chi connectivity index (χ3v) is 2.98. The maximum atomic E-state index is 12.5. The largest absolute Gasteiger partial charge is 0.341 e. The molecule has 0 bridgehead atoms. The number of hydrogen-bond donors (Lipinski definition) is 1. The molecule has 1 amide bonds. The molecule has 1 saturated heterocycles. The fourth-order valence-corrected chi connectivity index (χ4v) is 2.08. The summed E-state index contributed by atoms with van der Waals surface area (Å²) in [7, 11) is 0. The maximum Gasteiger partial charge on any atom is 0.249 e. The molecule has 1 aliphatic carbocycles. The lowest BCUT2D eigenvalue weighted by atomic mass is 9.80. The molecule has 1 aliphatic heterocycles. The van der Waals surface area contributed by atoms with Crippen LogP contribution in [0.3, 0.4) is 0 Å². The Morgan fingerprint density at radius 1 is 1.43 bits per heavy atom. The lowest BCUT2D eigenvalue weighted by Gasteiger charge is -2.36. The van der Waals surface area contributed by atoms with Crippen LogP contribution in [0.15, 0.2) is 0 Å². The highest BCUT2D eigenvalue weighted by Gasteiger charge is 2.50. The molecular weight excluding hydrogens is 190 g/mol. The maximum absolute atomic E-state index is 12.5. The molecule has 0 aromatic rings. The minimum absolute atomic E-state index is 0.0273. The van der Waals surface area contributed by atoms with Crippen LogP contribution < -0.4 is 5.73 Å². The predicted octanol–water partition coefficient (Wildman–Crippen LogP) is 0.591. The zero-order valence-electron chi connectivity index (χ0n) is 7.88. The zero-order chi connectivity index (χ0) is 10.3. The number of likely N-dealkylation sites (tertiary alicyclic amines) is 1. The van der Waals surface area contributed by atoms with Crippen molar-refractivity contribution in [2.24, 2.45) is 11.7 Å². The van der Waals surface area contributed by atoms with Gasteiger partial charge in [-0.25, -0.2) is 8.78 Å². The second-order valence-electron chi connectivity index (χ2n) is 4.29. The number of halogens is 2. The van der Waals surface area contributed by atoms with Crippen LogP contribution in [0, 0.1) is 5.92 Å². The van der Waals surface area contributed by atoms with E-state index in [1.807, 2.05) is 0 Å². The van der Waals surface area contributed by atoms with Gasteiger partial charge < -0.3 is 10.6 Å². The Morgan fingerprint density at radius 3 is 2.50 bits per heavy atom. The second-order valence-corrected chi connectivity index (χ2v) is 4.29. The smallest absolute Gasteiger partial charge is 0.249 e. The normalized spacial score (nSPS) is 31.6. The number of carbonyl (C=O) groups excluding carboxylic acids is 1. The molecule has 2 N–H and O–H groups in total. The number of nitrogens with zero attached hydrogens (tertiary/aromatic N) is 1. The van der Waals surface area contributed by atoms with Crippen LogP contribution in [0.5, 0.6) is 0 Å². The third-order valence-electron chi connectivity index (χ3n) is 2.98. The van der Waals surface area contributed by atoms with Gasteiger partial charge in [0.2, 0.25) is 11.8 Å². The fourth-order valence-electron chi connectivity index (χ4n) is 2.08. The van der Waals surface area contributed by atoms with E-state index in [0.29, 0.717) is 13.1 Å². The lowest BCUT2D eigenvalue weighted by molar-refractivity contribution is -0.158. The van der Waals surface area contributed by atoms with Gasteiger partial charge in [0.15, 0.2) is 0 Å². The third kappa shape index (κ3) is 1.73. The summed E-state index contributed by atoms with van der Waals surface area (Å²) in [4.78, 5) is 13.2. The van der Waals surface area contributed by atoms with Gasteiger partial charge in [0.05, 0.1) is 0 Å². The summed E-state index contributed by atoms with van der Waals surface area (Å²) in [6.07, 6.45) is 0.226. The number of alkyl halides is 2. The van der Waals surface area contributed by atoms with E-state index in [2.05, 4.69) is 0 Å². The van der Waals surface area contributed by atoms with Crippen molar-refractivity contribution < 1.29 is 13.6 Å². The van der Waals surface area contributed by atoms with Crippen molar-refractivity contribution in [2.45, 2.75) is 31.2 Å². The molecule has 1 atom stereocenters. The van der Waals surface area contributed by atoms with E-state index < -0.39 is 11.8 Å². The first-order chi connectivity index (χ1) is 6.48. The Labute approximate surface area is 81.2 Å². The number of rotatable bonds is 1. The number of hydrogen-bond acceptors (Lipinski definition) is 2. The van der Waals surface area contributed by atoms with Crippen molar-refractivity contribution in [3.63, 3.8) is 0 Å². The summed E-state index contributed by atoms with van der Waals surface area (Å²) < 4.78 is 25.0. The molecule has 0 aromatic heterocycles. The van der Waals surface area contributed by atoms with Crippen LogP contribution in [-0.2, 0) is 4.79 Å². The SMILES string of the molecule is N[C@H]1CCN(C(=O)C2CC(F)(F)C2)C1. The molecule has 0 radical (unpaired) electrons. The highest BCUT2D eigenvalue weighted by Crippen LogP contribution is 2.43. The van der Waals surface area contributed by atoms with Gasteiger partial charge in [-0.3, -0.25) is 4.79 Å². The van der Waals surface area contributed by atoms with Crippen molar-refractivity contribution in [2.75, 3.05) is 13.1 Å². The summed E-state index contributed by atoms with van der Waals surface area (Å²) in [5, 5.41) is 0. The molecule has 5 heteroatoms. The monoisotopic (exact) mass is 204 g/mol. The van der Waals surface area contributed by atoms with Gasteiger partial charge in [-0.05, 0) is 6.42 Å². The molecule has 14 heavy (non-hydrogen) atoms. The standard InChI is InChI=1S/C9H14F2N2O/c10-9(11)3-6(4-9)8(14)13-2-1-7(12)5-13/h6-7H,1-5,12H2/t7-/m0/s1. The van der Waals surface area contributed by atoms with E-state index >= 15 is 0 Å². The molecule has 2 fully saturated rings. The number of carbonyl (C=O) groups is 1. The Kier molecular flexibility index (Phi) is 2.21. The van der Waals surface area contributed by atoms with Crippen LogP contribution in [0.1, 0.15) is 19.3 Å². The quantitative estimate of drug-likeness (QED) is 0.679. The summed E-state index contributed by atoms with van der Waals surface area (Å²) in [6, 6.07) is 0.0273. The van der Waals surface area contributed by atoms with Crippen LogP contribution in [0.25, 0.3) is 0 Å². The summed E-state index contributed by atoms with van der Waals surface area (Å²) in [6.45, 7) is 1.16. The highest BCUT2D eigenvalue weighted by molar-refractivity contribution is 5.80. The summed E-state index contributed by atoms with van der Waals surface area (Å²) in [5.74, 6) is -3.21.